The van der Waals surface area contributed by atoms with Gasteiger partial charge in [-0.05, 0) is 50.8 Å². The summed E-state index contributed by atoms with van der Waals surface area (Å²) >= 11 is 0. The maximum atomic E-state index is 13.4. The summed E-state index contributed by atoms with van der Waals surface area (Å²) in [7, 11) is 0. The summed E-state index contributed by atoms with van der Waals surface area (Å²) in [6.45, 7) is 12.4. The maximum absolute atomic E-state index is 13.4. The van der Waals surface area contributed by atoms with Crippen LogP contribution in [0.3, 0.4) is 0 Å². The van der Waals surface area contributed by atoms with Crippen molar-refractivity contribution < 1.29 is 9.21 Å². The molecule has 0 fully saturated rings. The third-order valence-electron chi connectivity index (χ3n) is 5.34. The number of amides is 1. The summed E-state index contributed by atoms with van der Waals surface area (Å²) in [4.78, 5) is 20.2. The molecule has 0 aliphatic carbocycles. The van der Waals surface area contributed by atoms with Gasteiger partial charge in [0.1, 0.15) is 17.3 Å². The van der Waals surface area contributed by atoms with E-state index in [0.717, 1.165) is 48.4 Å². The number of carbonyl (C=O) groups excluding carboxylic acids is 1. The number of imidazole rings is 1. The molecule has 0 unspecified atom stereocenters. The zero-order valence-corrected chi connectivity index (χ0v) is 18.4. The Morgan fingerprint density at radius 2 is 2.00 bits per heavy atom. The van der Waals surface area contributed by atoms with E-state index in [9.17, 15) is 4.79 Å². The first-order chi connectivity index (χ1) is 13.9. The summed E-state index contributed by atoms with van der Waals surface area (Å²) in [5, 5.41) is 0. The van der Waals surface area contributed by atoms with E-state index in [4.69, 9.17) is 9.40 Å². The zero-order chi connectivity index (χ0) is 21.0. The SMILES string of the molecule is CCCCn1c(CN(CCC(C)C)C(=O)c2cc(C)oc2C)nc2ccccc21. The van der Waals surface area contributed by atoms with E-state index < -0.39 is 0 Å². The quantitative estimate of drug-likeness (QED) is 0.464. The van der Waals surface area contributed by atoms with Gasteiger partial charge in [0.05, 0.1) is 23.1 Å². The van der Waals surface area contributed by atoms with Gasteiger partial charge in [-0.1, -0.05) is 39.3 Å². The van der Waals surface area contributed by atoms with E-state index in [1.165, 1.54) is 0 Å². The standard InChI is InChI=1S/C24H33N3O2/c1-6-7-13-27-22-11-9-8-10-21(22)25-23(27)16-26(14-12-17(2)3)24(28)20-15-18(4)29-19(20)5/h8-11,15,17H,6-7,12-14,16H2,1-5H3. The molecule has 0 spiro atoms. The van der Waals surface area contributed by atoms with Crippen molar-refractivity contribution in [3.8, 4) is 0 Å². The topological polar surface area (TPSA) is 51.3 Å². The molecule has 2 heterocycles. The maximum Gasteiger partial charge on any atom is 0.257 e. The number of hydrogen-bond donors (Lipinski definition) is 0. The molecule has 0 bridgehead atoms. The van der Waals surface area contributed by atoms with Crippen LogP contribution in [0.5, 0.6) is 0 Å². The predicted octanol–water partition coefficient (Wildman–Crippen LogP) is 5.73. The number of furan rings is 1. The Morgan fingerprint density at radius 1 is 1.24 bits per heavy atom. The molecule has 0 radical (unpaired) electrons. The summed E-state index contributed by atoms with van der Waals surface area (Å²) in [6.07, 6.45) is 3.17. The van der Waals surface area contributed by atoms with Gasteiger partial charge in [0.25, 0.3) is 5.91 Å². The smallest absolute Gasteiger partial charge is 0.257 e. The van der Waals surface area contributed by atoms with Gasteiger partial charge in [-0.25, -0.2) is 4.98 Å². The Bertz CT molecular complexity index is 968. The third-order valence-corrected chi connectivity index (χ3v) is 5.34. The zero-order valence-electron chi connectivity index (χ0n) is 18.4. The molecule has 2 aromatic heterocycles. The minimum absolute atomic E-state index is 0.0223. The normalized spacial score (nSPS) is 11.5. The van der Waals surface area contributed by atoms with E-state index in [-0.39, 0.29) is 5.91 Å². The lowest BCUT2D eigenvalue weighted by molar-refractivity contribution is 0.0727. The molecule has 29 heavy (non-hydrogen) atoms. The van der Waals surface area contributed by atoms with Crippen molar-refractivity contribution >= 4 is 16.9 Å². The van der Waals surface area contributed by atoms with Gasteiger partial charge in [0.2, 0.25) is 0 Å². The highest BCUT2D eigenvalue weighted by atomic mass is 16.3. The molecule has 3 rings (SSSR count). The average molecular weight is 396 g/mol. The van der Waals surface area contributed by atoms with Gasteiger partial charge in [-0.15, -0.1) is 0 Å². The molecule has 0 aliphatic heterocycles. The van der Waals surface area contributed by atoms with E-state index >= 15 is 0 Å². The van der Waals surface area contributed by atoms with Crippen molar-refractivity contribution in [3.63, 3.8) is 0 Å². The highest BCUT2D eigenvalue weighted by molar-refractivity contribution is 5.95. The average Bonchev–Trinajstić information content (AvgIpc) is 3.21. The molecule has 0 saturated carbocycles. The molecular weight excluding hydrogens is 362 g/mol. The van der Waals surface area contributed by atoms with Crippen molar-refractivity contribution in [2.24, 2.45) is 5.92 Å². The van der Waals surface area contributed by atoms with Gasteiger partial charge in [0, 0.05) is 13.1 Å². The lowest BCUT2D eigenvalue weighted by Gasteiger charge is -2.24. The van der Waals surface area contributed by atoms with Crippen LogP contribution in [0.1, 0.15) is 67.7 Å². The Balaban J connectivity index is 1.95. The number of hydrogen-bond acceptors (Lipinski definition) is 3. The van der Waals surface area contributed by atoms with Crippen LogP contribution in [-0.4, -0.2) is 26.9 Å². The lowest BCUT2D eigenvalue weighted by Crippen LogP contribution is -2.33. The van der Waals surface area contributed by atoms with Crippen LogP contribution in [0.2, 0.25) is 0 Å². The van der Waals surface area contributed by atoms with Crippen molar-refractivity contribution in [1.29, 1.82) is 0 Å². The van der Waals surface area contributed by atoms with E-state index in [1.54, 1.807) is 0 Å². The number of fused-ring (bicyclic) bond motifs is 1. The number of carbonyl (C=O) groups is 1. The Kier molecular flexibility index (Phi) is 6.78. The molecular formula is C24H33N3O2. The third kappa shape index (κ3) is 4.89. The second-order valence-electron chi connectivity index (χ2n) is 8.26. The fraction of sp³-hybridized carbons (Fsp3) is 0.500. The first-order valence-electron chi connectivity index (χ1n) is 10.7. The van der Waals surface area contributed by atoms with Crippen LogP contribution < -0.4 is 0 Å². The fourth-order valence-electron chi connectivity index (χ4n) is 3.66. The van der Waals surface area contributed by atoms with Crippen molar-refractivity contribution in [2.45, 2.75) is 67.0 Å². The van der Waals surface area contributed by atoms with E-state index in [0.29, 0.717) is 30.3 Å². The number of aryl methyl sites for hydroxylation is 3. The monoisotopic (exact) mass is 395 g/mol. The van der Waals surface area contributed by atoms with Crippen molar-refractivity contribution in [1.82, 2.24) is 14.5 Å². The van der Waals surface area contributed by atoms with Crippen LogP contribution in [-0.2, 0) is 13.1 Å². The Hall–Kier alpha value is -2.56. The van der Waals surface area contributed by atoms with Gasteiger partial charge in [-0.3, -0.25) is 4.79 Å². The number of unbranched alkanes of at least 4 members (excludes halogenated alkanes) is 1. The summed E-state index contributed by atoms with van der Waals surface area (Å²) in [5.41, 5.74) is 2.79. The van der Waals surface area contributed by atoms with Crippen LogP contribution in [0.25, 0.3) is 11.0 Å². The number of rotatable bonds is 9. The molecule has 156 valence electrons. The van der Waals surface area contributed by atoms with Crippen molar-refractivity contribution in [3.05, 3.63) is 53.2 Å². The Morgan fingerprint density at radius 3 is 2.66 bits per heavy atom. The number of para-hydroxylation sites is 2. The predicted molar refractivity (Wildman–Crippen MR) is 117 cm³/mol. The Labute approximate surface area is 173 Å². The number of benzene rings is 1. The molecule has 1 aromatic carbocycles. The number of nitrogens with zero attached hydrogens (tertiary/aromatic N) is 3. The van der Waals surface area contributed by atoms with E-state index in [2.05, 4.69) is 37.5 Å². The summed E-state index contributed by atoms with van der Waals surface area (Å²) in [6, 6.07) is 10.1. The molecule has 0 N–H and O–H groups in total. The van der Waals surface area contributed by atoms with Gasteiger partial charge in [-0.2, -0.15) is 0 Å². The van der Waals surface area contributed by atoms with Crippen LogP contribution in [0.4, 0.5) is 0 Å². The van der Waals surface area contributed by atoms with Gasteiger partial charge in [0.15, 0.2) is 0 Å². The molecule has 1 amide bonds. The molecule has 5 nitrogen and oxygen atoms in total. The summed E-state index contributed by atoms with van der Waals surface area (Å²) < 4.78 is 7.90. The van der Waals surface area contributed by atoms with Crippen LogP contribution in [0.15, 0.2) is 34.7 Å². The largest absolute Gasteiger partial charge is 0.466 e. The molecule has 0 saturated heterocycles. The molecule has 5 heteroatoms. The minimum atomic E-state index is 0.0223. The highest BCUT2D eigenvalue weighted by Gasteiger charge is 2.23. The molecule has 0 aliphatic rings. The fourth-order valence-corrected chi connectivity index (χ4v) is 3.66. The van der Waals surface area contributed by atoms with Gasteiger partial charge >= 0.3 is 0 Å². The summed E-state index contributed by atoms with van der Waals surface area (Å²) in [5.74, 6) is 2.95. The second kappa shape index (κ2) is 9.29. The first kappa shape index (κ1) is 21.2. The van der Waals surface area contributed by atoms with Crippen LogP contribution >= 0.6 is 0 Å². The highest BCUT2D eigenvalue weighted by Crippen LogP contribution is 2.22. The number of aromatic nitrogens is 2. The lowest BCUT2D eigenvalue weighted by atomic mass is 10.1. The first-order valence-corrected chi connectivity index (χ1v) is 10.7. The van der Waals surface area contributed by atoms with Crippen molar-refractivity contribution in [2.75, 3.05) is 6.54 Å². The second-order valence-corrected chi connectivity index (χ2v) is 8.26. The molecule has 3 aromatic rings. The molecule has 0 atom stereocenters. The minimum Gasteiger partial charge on any atom is -0.466 e. The van der Waals surface area contributed by atoms with Gasteiger partial charge < -0.3 is 13.9 Å². The van der Waals surface area contributed by atoms with E-state index in [1.807, 2.05) is 36.9 Å². The van der Waals surface area contributed by atoms with Crippen LogP contribution in [0, 0.1) is 19.8 Å².